The lowest BCUT2D eigenvalue weighted by molar-refractivity contribution is -0.139. The number of hydrogen-bond donors (Lipinski definition) is 5. The number of anilines is 1. The number of rotatable bonds is 6. The number of benzene rings is 2. The zero-order valence-electron chi connectivity index (χ0n) is 13.6. The standard InChI is InChI=1S/C18H16N4O4/c19-17(20)11-2-1-10-7-15(22-14(10)8-11)18(25)21-12-3-5-13(6-4-12)26-9-16(23)24/h1-8,22H,9H2,(H3,19,20)(H,21,25)(H,23,24). The average molecular weight is 352 g/mol. The number of carbonyl (C=O) groups excluding carboxylic acids is 1. The Hall–Kier alpha value is -3.81. The molecular weight excluding hydrogens is 336 g/mol. The van der Waals surface area contributed by atoms with Gasteiger partial charge in [0.15, 0.2) is 6.61 Å². The van der Waals surface area contributed by atoms with Crippen LogP contribution in [0.25, 0.3) is 10.9 Å². The average Bonchev–Trinajstić information content (AvgIpc) is 3.04. The van der Waals surface area contributed by atoms with Crippen molar-refractivity contribution < 1.29 is 19.4 Å². The first-order valence-electron chi connectivity index (χ1n) is 7.65. The summed E-state index contributed by atoms with van der Waals surface area (Å²) in [7, 11) is 0. The molecule has 0 bridgehead atoms. The highest BCUT2D eigenvalue weighted by Crippen LogP contribution is 2.19. The molecule has 0 aliphatic carbocycles. The molecule has 0 aliphatic heterocycles. The fraction of sp³-hybridized carbons (Fsp3) is 0.0556. The summed E-state index contributed by atoms with van der Waals surface area (Å²) in [5.74, 6) is -1.04. The van der Waals surface area contributed by atoms with Crippen molar-refractivity contribution in [1.82, 2.24) is 4.98 Å². The molecule has 0 radical (unpaired) electrons. The van der Waals surface area contributed by atoms with E-state index in [9.17, 15) is 9.59 Å². The quantitative estimate of drug-likeness (QED) is 0.341. The summed E-state index contributed by atoms with van der Waals surface area (Å²) in [5, 5.41) is 19.6. The van der Waals surface area contributed by atoms with E-state index in [-0.39, 0.29) is 11.7 Å². The molecule has 0 fully saturated rings. The number of carboxylic acids is 1. The van der Waals surface area contributed by atoms with Crippen LogP contribution in [-0.2, 0) is 4.79 Å². The lowest BCUT2D eigenvalue weighted by atomic mass is 10.1. The first-order valence-corrected chi connectivity index (χ1v) is 7.65. The molecule has 3 aromatic rings. The normalized spacial score (nSPS) is 10.5. The van der Waals surface area contributed by atoms with Crippen LogP contribution in [0.15, 0.2) is 48.5 Å². The number of nitrogens with two attached hydrogens (primary N) is 1. The van der Waals surface area contributed by atoms with Gasteiger partial charge in [0.25, 0.3) is 5.91 Å². The third kappa shape index (κ3) is 3.81. The molecule has 26 heavy (non-hydrogen) atoms. The maximum atomic E-state index is 12.4. The van der Waals surface area contributed by atoms with Gasteiger partial charge < -0.3 is 25.9 Å². The SMILES string of the molecule is N=C(N)c1ccc2cc(C(=O)Nc3ccc(OCC(=O)O)cc3)[nH]c2c1. The van der Waals surface area contributed by atoms with Crippen LogP contribution in [0.4, 0.5) is 5.69 Å². The minimum absolute atomic E-state index is 0.0438. The monoisotopic (exact) mass is 352 g/mol. The first kappa shape index (κ1) is 17.0. The number of amidine groups is 1. The summed E-state index contributed by atoms with van der Waals surface area (Å²) < 4.78 is 5.04. The molecule has 0 aliphatic rings. The molecule has 0 atom stereocenters. The van der Waals surface area contributed by atoms with E-state index < -0.39 is 12.6 Å². The number of aromatic nitrogens is 1. The maximum absolute atomic E-state index is 12.4. The predicted molar refractivity (Wildman–Crippen MR) is 96.8 cm³/mol. The van der Waals surface area contributed by atoms with Gasteiger partial charge in [-0.1, -0.05) is 12.1 Å². The third-order valence-electron chi connectivity index (χ3n) is 3.65. The fourth-order valence-electron chi connectivity index (χ4n) is 2.39. The van der Waals surface area contributed by atoms with E-state index in [4.69, 9.17) is 21.0 Å². The molecule has 8 nitrogen and oxygen atoms in total. The molecule has 3 rings (SSSR count). The Balaban J connectivity index is 1.72. The lowest BCUT2D eigenvalue weighted by Crippen LogP contribution is -2.12. The molecule has 0 spiro atoms. The van der Waals surface area contributed by atoms with Gasteiger partial charge in [0.2, 0.25) is 0 Å². The summed E-state index contributed by atoms with van der Waals surface area (Å²) in [4.78, 5) is 25.9. The Labute approximate surface area is 148 Å². The van der Waals surface area contributed by atoms with E-state index in [1.54, 1.807) is 48.5 Å². The molecular formula is C18H16N4O4. The molecule has 0 saturated heterocycles. The topological polar surface area (TPSA) is 141 Å². The smallest absolute Gasteiger partial charge is 0.341 e. The van der Waals surface area contributed by atoms with Crippen LogP contribution < -0.4 is 15.8 Å². The maximum Gasteiger partial charge on any atom is 0.341 e. The van der Waals surface area contributed by atoms with E-state index >= 15 is 0 Å². The highest BCUT2D eigenvalue weighted by molar-refractivity contribution is 6.06. The minimum atomic E-state index is -1.06. The van der Waals surface area contributed by atoms with Crippen LogP contribution in [0.2, 0.25) is 0 Å². The van der Waals surface area contributed by atoms with Gasteiger partial charge in [-0.15, -0.1) is 0 Å². The van der Waals surface area contributed by atoms with Crippen LogP contribution in [0, 0.1) is 5.41 Å². The molecule has 0 saturated carbocycles. The molecule has 1 amide bonds. The number of nitrogens with one attached hydrogen (secondary N) is 3. The second-order valence-corrected chi connectivity index (χ2v) is 5.56. The van der Waals surface area contributed by atoms with Gasteiger partial charge >= 0.3 is 5.97 Å². The van der Waals surface area contributed by atoms with Crippen molar-refractivity contribution in [3.63, 3.8) is 0 Å². The fourth-order valence-corrected chi connectivity index (χ4v) is 2.39. The molecule has 6 N–H and O–H groups in total. The van der Waals surface area contributed by atoms with Gasteiger partial charge in [0.1, 0.15) is 17.3 Å². The number of carbonyl (C=O) groups is 2. The van der Waals surface area contributed by atoms with Gasteiger partial charge in [0.05, 0.1) is 0 Å². The number of ether oxygens (including phenoxy) is 1. The van der Waals surface area contributed by atoms with Gasteiger partial charge in [-0.05, 0) is 36.4 Å². The zero-order chi connectivity index (χ0) is 18.7. The molecule has 0 unspecified atom stereocenters. The van der Waals surface area contributed by atoms with Crippen molar-refractivity contribution in [2.75, 3.05) is 11.9 Å². The number of carboxylic acid groups (broad SMARTS) is 1. The number of amides is 1. The Morgan fingerprint density at radius 1 is 1.15 bits per heavy atom. The number of nitrogen functional groups attached to an aromatic ring is 1. The highest BCUT2D eigenvalue weighted by atomic mass is 16.5. The summed E-state index contributed by atoms with van der Waals surface area (Å²) in [6, 6.07) is 13.3. The Morgan fingerprint density at radius 2 is 1.88 bits per heavy atom. The van der Waals surface area contributed by atoms with Crippen molar-refractivity contribution in [1.29, 1.82) is 5.41 Å². The van der Waals surface area contributed by atoms with Crippen molar-refractivity contribution in [2.24, 2.45) is 5.73 Å². The molecule has 1 aromatic heterocycles. The highest BCUT2D eigenvalue weighted by Gasteiger charge is 2.11. The molecule has 2 aromatic carbocycles. The Morgan fingerprint density at radius 3 is 2.54 bits per heavy atom. The summed E-state index contributed by atoms with van der Waals surface area (Å²) in [5.41, 5.74) is 7.66. The van der Waals surface area contributed by atoms with Gasteiger partial charge in [-0.3, -0.25) is 10.2 Å². The van der Waals surface area contributed by atoms with Crippen LogP contribution in [0.1, 0.15) is 16.1 Å². The van der Waals surface area contributed by atoms with Crippen LogP contribution in [-0.4, -0.2) is 34.4 Å². The lowest BCUT2D eigenvalue weighted by Gasteiger charge is -2.06. The van der Waals surface area contributed by atoms with Crippen LogP contribution >= 0.6 is 0 Å². The second kappa shape index (κ2) is 6.98. The summed E-state index contributed by atoms with van der Waals surface area (Å²) >= 11 is 0. The minimum Gasteiger partial charge on any atom is -0.482 e. The number of H-pyrrole nitrogens is 1. The molecule has 132 valence electrons. The van der Waals surface area contributed by atoms with E-state index in [0.29, 0.717) is 28.2 Å². The number of fused-ring (bicyclic) bond motifs is 1. The number of aromatic amines is 1. The van der Waals surface area contributed by atoms with Gasteiger partial charge in [0, 0.05) is 22.2 Å². The van der Waals surface area contributed by atoms with Crippen molar-refractivity contribution >= 4 is 34.3 Å². The summed E-state index contributed by atoms with van der Waals surface area (Å²) in [6.45, 7) is -0.428. The summed E-state index contributed by atoms with van der Waals surface area (Å²) in [6.07, 6.45) is 0. The van der Waals surface area contributed by atoms with E-state index in [0.717, 1.165) is 5.39 Å². The van der Waals surface area contributed by atoms with Crippen molar-refractivity contribution in [3.8, 4) is 5.75 Å². The number of hydrogen-bond acceptors (Lipinski definition) is 4. The molecule has 8 heteroatoms. The van der Waals surface area contributed by atoms with Crippen molar-refractivity contribution in [3.05, 3.63) is 59.8 Å². The largest absolute Gasteiger partial charge is 0.482 e. The first-order chi connectivity index (χ1) is 12.4. The van der Waals surface area contributed by atoms with E-state index in [2.05, 4.69) is 10.3 Å². The van der Waals surface area contributed by atoms with Crippen molar-refractivity contribution in [2.45, 2.75) is 0 Å². The van der Waals surface area contributed by atoms with Crippen LogP contribution in [0.5, 0.6) is 5.75 Å². The zero-order valence-corrected chi connectivity index (χ0v) is 13.6. The van der Waals surface area contributed by atoms with E-state index in [1.807, 2.05) is 0 Å². The Kier molecular flexibility index (Phi) is 4.57. The Bertz CT molecular complexity index is 992. The van der Waals surface area contributed by atoms with Gasteiger partial charge in [-0.2, -0.15) is 0 Å². The predicted octanol–water partition coefficient (Wildman–Crippen LogP) is 2.17. The number of aliphatic carboxylic acids is 1. The third-order valence-corrected chi connectivity index (χ3v) is 3.65. The van der Waals surface area contributed by atoms with Gasteiger partial charge in [-0.25, -0.2) is 4.79 Å². The van der Waals surface area contributed by atoms with E-state index in [1.165, 1.54) is 0 Å². The second-order valence-electron chi connectivity index (χ2n) is 5.56. The van der Waals surface area contributed by atoms with Crippen LogP contribution in [0.3, 0.4) is 0 Å². The molecule has 1 heterocycles.